The van der Waals surface area contributed by atoms with Crippen LogP contribution in [-0.2, 0) is 29.1 Å². The van der Waals surface area contributed by atoms with Crippen molar-refractivity contribution in [3.8, 4) is 0 Å². The molecular weight excluding hydrogens is 430 g/mol. The standard InChI is InChI=1S/C21H30ClNO6S/c1-14(2)18-10-5-15(3)11-19(18)29-21(25)13-28-20(24)12-23(4)30(26,27)17-8-6-16(22)7-9-17/h6-9,14-15,18-19H,5,10-13H2,1-4H3/t15-,18-,19+/m1/s1. The maximum absolute atomic E-state index is 12.5. The van der Waals surface area contributed by atoms with Gasteiger partial charge in [0.05, 0.1) is 4.90 Å². The first-order valence-corrected chi connectivity index (χ1v) is 11.9. The average Bonchev–Trinajstić information content (AvgIpc) is 2.66. The second-order valence-electron chi connectivity index (χ2n) is 8.23. The van der Waals surface area contributed by atoms with E-state index in [1.54, 1.807) is 0 Å². The number of carbonyl (C=O) groups is 2. The molecule has 0 aliphatic heterocycles. The summed E-state index contributed by atoms with van der Waals surface area (Å²) in [5.41, 5.74) is 0. The highest BCUT2D eigenvalue weighted by atomic mass is 35.5. The molecular formula is C21H30ClNO6S. The highest BCUT2D eigenvalue weighted by Crippen LogP contribution is 2.35. The van der Waals surface area contributed by atoms with E-state index in [9.17, 15) is 18.0 Å². The number of benzene rings is 1. The van der Waals surface area contributed by atoms with Crippen molar-refractivity contribution in [2.24, 2.45) is 17.8 Å². The molecule has 0 heterocycles. The van der Waals surface area contributed by atoms with Gasteiger partial charge >= 0.3 is 11.9 Å². The van der Waals surface area contributed by atoms with Crippen LogP contribution in [0.25, 0.3) is 0 Å². The van der Waals surface area contributed by atoms with Crippen LogP contribution in [0.4, 0.5) is 0 Å². The third kappa shape index (κ3) is 6.68. The summed E-state index contributed by atoms with van der Waals surface area (Å²) < 4.78 is 36.4. The third-order valence-electron chi connectivity index (χ3n) is 5.47. The van der Waals surface area contributed by atoms with Gasteiger partial charge in [-0.2, -0.15) is 4.31 Å². The highest BCUT2D eigenvalue weighted by Gasteiger charge is 2.33. The molecule has 30 heavy (non-hydrogen) atoms. The Bertz CT molecular complexity index is 840. The molecule has 0 spiro atoms. The monoisotopic (exact) mass is 459 g/mol. The Balaban J connectivity index is 1.86. The first-order chi connectivity index (χ1) is 14.0. The Hall–Kier alpha value is -1.64. The number of hydrogen-bond donors (Lipinski definition) is 0. The molecule has 1 fully saturated rings. The molecule has 168 valence electrons. The van der Waals surface area contributed by atoms with Crippen LogP contribution in [0.3, 0.4) is 0 Å². The molecule has 1 aliphatic rings. The summed E-state index contributed by atoms with van der Waals surface area (Å²) in [4.78, 5) is 24.2. The van der Waals surface area contributed by atoms with Crippen LogP contribution >= 0.6 is 11.6 Å². The van der Waals surface area contributed by atoms with Gasteiger partial charge in [-0.15, -0.1) is 0 Å². The Kier molecular flexibility index (Phi) is 8.70. The summed E-state index contributed by atoms with van der Waals surface area (Å²) in [5.74, 6) is -0.283. The van der Waals surface area contributed by atoms with Crippen molar-refractivity contribution in [1.82, 2.24) is 4.31 Å². The molecule has 1 aromatic carbocycles. The number of ether oxygens (including phenoxy) is 2. The number of nitrogens with zero attached hydrogens (tertiary/aromatic N) is 1. The zero-order chi connectivity index (χ0) is 22.5. The summed E-state index contributed by atoms with van der Waals surface area (Å²) in [7, 11) is -2.61. The molecule has 2 rings (SSSR count). The molecule has 1 aromatic rings. The molecule has 1 saturated carbocycles. The van der Waals surface area contributed by atoms with Crippen LogP contribution in [0.15, 0.2) is 29.2 Å². The second-order valence-corrected chi connectivity index (χ2v) is 10.7. The molecule has 0 saturated heterocycles. The van der Waals surface area contributed by atoms with E-state index < -0.39 is 35.1 Å². The van der Waals surface area contributed by atoms with Gasteiger partial charge in [0.15, 0.2) is 6.61 Å². The molecule has 0 bridgehead atoms. The van der Waals surface area contributed by atoms with E-state index in [-0.39, 0.29) is 16.9 Å². The van der Waals surface area contributed by atoms with Gasteiger partial charge in [-0.25, -0.2) is 13.2 Å². The van der Waals surface area contributed by atoms with Crippen molar-refractivity contribution in [2.45, 2.75) is 51.0 Å². The van der Waals surface area contributed by atoms with Gasteiger partial charge < -0.3 is 9.47 Å². The fourth-order valence-corrected chi connectivity index (χ4v) is 4.93. The minimum absolute atomic E-state index is 0.00718. The predicted octanol–water partition coefficient (Wildman–Crippen LogP) is 3.51. The first-order valence-electron chi connectivity index (χ1n) is 10.1. The molecule has 0 amide bonds. The summed E-state index contributed by atoms with van der Waals surface area (Å²) in [5, 5.41) is 0.404. The molecule has 0 aromatic heterocycles. The van der Waals surface area contributed by atoms with E-state index in [2.05, 4.69) is 20.8 Å². The van der Waals surface area contributed by atoms with Crippen LogP contribution < -0.4 is 0 Å². The quantitative estimate of drug-likeness (QED) is 0.552. The molecule has 1 aliphatic carbocycles. The minimum atomic E-state index is -3.88. The summed E-state index contributed by atoms with van der Waals surface area (Å²) in [6, 6.07) is 5.61. The normalized spacial score (nSPS) is 22.2. The number of likely N-dealkylation sites (N-methyl/N-ethyl adjacent to an activating group) is 1. The van der Waals surface area contributed by atoms with E-state index >= 15 is 0 Å². The van der Waals surface area contributed by atoms with Gasteiger partial charge in [0.1, 0.15) is 12.6 Å². The van der Waals surface area contributed by atoms with Gasteiger partial charge in [-0.1, -0.05) is 38.8 Å². The SMILES string of the molecule is CC(C)[C@H]1CC[C@@H](C)C[C@@H]1OC(=O)COC(=O)CN(C)S(=O)(=O)c1ccc(Cl)cc1. The Morgan fingerprint density at radius 2 is 1.80 bits per heavy atom. The Labute approximate surface area is 183 Å². The van der Waals surface area contributed by atoms with E-state index in [4.69, 9.17) is 21.1 Å². The first kappa shape index (κ1) is 24.6. The third-order valence-corrected chi connectivity index (χ3v) is 7.54. The highest BCUT2D eigenvalue weighted by molar-refractivity contribution is 7.89. The van der Waals surface area contributed by atoms with Crippen LogP contribution in [0.1, 0.15) is 40.0 Å². The largest absolute Gasteiger partial charge is 0.460 e. The average molecular weight is 460 g/mol. The van der Waals surface area contributed by atoms with Crippen LogP contribution in [0, 0.1) is 17.8 Å². The van der Waals surface area contributed by atoms with E-state index in [1.807, 2.05) is 0 Å². The summed E-state index contributed by atoms with van der Waals surface area (Å²) in [6.45, 7) is 5.29. The van der Waals surface area contributed by atoms with Gasteiger partial charge in [0.25, 0.3) is 0 Å². The lowest BCUT2D eigenvalue weighted by Gasteiger charge is -2.36. The van der Waals surface area contributed by atoms with Crippen LogP contribution in [-0.4, -0.2) is 51.0 Å². The van der Waals surface area contributed by atoms with Crippen LogP contribution in [0.5, 0.6) is 0 Å². The summed E-state index contributed by atoms with van der Waals surface area (Å²) >= 11 is 5.77. The van der Waals surface area contributed by atoms with Gasteiger partial charge in [0, 0.05) is 12.1 Å². The zero-order valence-corrected chi connectivity index (χ0v) is 19.4. The maximum atomic E-state index is 12.5. The van der Waals surface area contributed by atoms with E-state index in [0.29, 0.717) is 16.9 Å². The lowest BCUT2D eigenvalue weighted by Crippen LogP contribution is -2.37. The van der Waals surface area contributed by atoms with Gasteiger partial charge in [-0.3, -0.25) is 4.79 Å². The predicted molar refractivity (Wildman–Crippen MR) is 113 cm³/mol. The van der Waals surface area contributed by atoms with Crippen molar-refractivity contribution in [3.63, 3.8) is 0 Å². The van der Waals surface area contributed by atoms with Gasteiger partial charge in [-0.05, 0) is 54.9 Å². The van der Waals surface area contributed by atoms with Crippen molar-refractivity contribution in [3.05, 3.63) is 29.3 Å². The molecule has 0 N–H and O–H groups in total. The maximum Gasteiger partial charge on any atom is 0.344 e. The van der Waals surface area contributed by atoms with Crippen molar-refractivity contribution < 1.29 is 27.5 Å². The van der Waals surface area contributed by atoms with E-state index in [0.717, 1.165) is 23.6 Å². The molecule has 0 unspecified atom stereocenters. The zero-order valence-electron chi connectivity index (χ0n) is 17.8. The molecule has 3 atom stereocenters. The molecule has 9 heteroatoms. The molecule has 0 radical (unpaired) electrons. The number of hydrogen-bond acceptors (Lipinski definition) is 6. The Morgan fingerprint density at radius 3 is 2.40 bits per heavy atom. The van der Waals surface area contributed by atoms with E-state index in [1.165, 1.54) is 31.3 Å². The van der Waals surface area contributed by atoms with Crippen molar-refractivity contribution >= 4 is 33.6 Å². The smallest absolute Gasteiger partial charge is 0.344 e. The Morgan fingerprint density at radius 1 is 1.17 bits per heavy atom. The fraction of sp³-hybridized carbons (Fsp3) is 0.619. The number of esters is 2. The second kappa shape index (κ2) is 10.6. The topological polar surface area (TPSA) is 90.0 Å². The minimum Gasteiger partial charge on any atom is -0.460 e. The number of rotatable bonds is 8. The lowest BCUT2D eigenvalue weighted by molar-refractivity contribution is -0.167. The van der Waals surface area contributed by atoms with Crippen LogP contribution in [0.2, 0.25) is 5.02 Å². The molecule has 7 nitrogen and oxygen atoms in total. The van der Waals surface area contributed by atoms with Crippen molar-refractivity contribution in [2.75, 3.05) is 20.2 Å². The number of halogens is 1. The summed E-state index contributed by atoms with van der Waals surface area (Å²) in [6.07, 6.45) is 2.72. The van der Waals surface area contributed by atoms with Crippen molar-refractivity contribution in [1.29, 1.82) is 0 Å². The van der Waals surface area contributed by atoms with Gasteiger partial charge in [0.2, 0.25) is 10.0 Å². The number of carbonyl (C=O) groups excluding carboxylic acids is 2. The lowest BCUT2D eigenvalue weighted by atomic mass is 9.75. The fourth-order valence-electron chi connectivity index (χ4n) is 3.69. The number of sulfonamides is 1.